The molecule has 84 valence electrons. The third-order valence-electron chi connectivity index (χ3n) is 2.75. The third-order valence-corrected chi connectivity index (χ3v) is 2.75. The Balaban J connectivity index is 3.28. The predicted octanol–water partition coefficient (Wildman–Crippen LogP) is 3.95. The summed E-state index contributed by atoms with van der Waals surface area (Å²) in [5, 5.41) is 9.76. The summed E-state index contributed by atoms with van der Waals surface area (Å²) in [7, 11) is 0. The molecule has 0 aliphatic carbocycles. The van der Waals surface area contributed by atoms with Crippen LogP contribution in [0.5, 0.6) is 5.75 Å². The summed E-state index contributed by atoms with van der Waals surface area (Å²) in [4.78, 5) is 0. The largest absolute Gasteiger partial charge is 0.508 e. The van der Waals surface area contributed by atoms with Gasteiger partial charge in [0.05, 0.1) is 0 Å². The zero-order valence-electron chi connectivity index (χ0n) is 10.5. The van der Waals surface area contributed by atoms with E-state index in [9.17, 15) is 5.11 Å². The van der Waals surface area contributed by atoms with Crippen molar-refractivity contribution in [3.8, 4) is 5.75 Å². The van der Waals surface area contributed by atoms with E-state index in [2.05, 4.69) is 33.8 Å². The van der Waals surface area contributed by atoms with Gasteiger partial charge in [0.2, 0.25) is 0 Å². The Labute approximate surface area is 93.1 Å². The molecular weight excluding hydrogens is 184 g/mol. The topological polar surface area (TPSA) is 20.2 Å². The summed E-state index contributed by atoms with van der Waals surface area (Å²) in [5.74, 6) is 0.416. The molecule has 0 unspecified atom stereocenters. The minimum atomic E-state index is 0.107. The molecule has 1 aromatic rings. The van der Waals surface area contributed by atoms with Crippen LogP contribution in [-0.4, -0.2) is 5.11 Å². The van der Waals surface area contributed by atoms with E-state index in [1.807, 2.05) is 13.0 Å². The average Bonchev–Trinajstić information content (AvgIpc) is 2.09. The molecule has 0 saturated heterocycles. The highest BCUT2D eigenvalue weighted by atomic mass is 16.3. The van der Waals surface area contributed by atoms with E-state index in [1.165, 1.54) is 11.1 Å². The molecular formula is C14H22O. The van der Waals surface area contributed by atoms with Gasteiger partial charge < -0.3 is 5.11 Å². The Morgan fingerprint density at radius 1 is 1.20 bits per heavy atom. The molecule has 0 bridgehead atoms. The maximum atomic E-state index is 9.76. The highest BCUT2D eigenvalue weighted by Crippen LogP contribution is 2.31. The smallest absolute Gasteiger partial charge is 0.118 e. The van der Waals surface area contributed by atoms with Crippen molar-refractivity contribution in [1.82, 2.24) is 0 Å². The van der Waals surface area contributed by atoms with Crippen LogP contribution in [0.25, 0.3) is 0 Å². The van der Waals surface area contributed by atoms with Crippen molar-refractivity contribution >= 4 is 0 Å². The predicted molar refractivity (Wildman–Crippen MR) is 65.5 cm³/mol. The zero-order valence-corrected chi connectivity index (χ0v) is 10.5. The fourth-order valence-corrected chi connectivity index (χ4v) is 1.93. The molecule has 1 aromatic carbocycles. The first-order valence-corrected chi connectivity index (χ1v) is 5.69. The highest BCUT2D eigenvalue weighted by molar-refractivity contribution is 5.44. The molecule has 0 heterocycles. The number of aromatic hydroxyl groups is 1. The quantitative estimate of drug-likeness (QED) is 0.776. The summed E-state index contributed by atoms with van der Waals surface area (Å²) in [6, 6.07) is 4.06. The first kappa shape index (κ1) is 12.1. The molecule has 0 saturated carbocycles. The first-order valence-electron chi connectivity index (χ1n) is 5.69. The van der Waals surface area contributed by atoms with Crippen molar-refractivity contribution in [1.29, 1.82) is 0 Å². The molecule has 0 fully saturated rings. The van der Waals surface area contributed by atoms with E-state index in [-0.39, 0.29) is 5.41 Å². The first-order chi connectivity index (χ1) is 6.86. The minimum Gasteiger partial charge on any atom is -0.508 e. The lowest BCUT2D eigenvalue weighted by molar-refractivity contribution is 0.466. The van der Waals surface area contributed by atoms with Crippen molar-refractivity contribution in [2.45, 2.75) is 52.9 Å². The molecule has 1 rings (SSSR count). The van der Waals surface area contributed by atoms with E-state index in [1.54, 1.807) is 0 Å². The fraction of sp³-hybridized carbons (Fsp3) is 0.571. The number of phenolic OH excluding ortho intramolecular Hbond substituents is 1. The molecule has 0 spiro atoms. The highest BCUT2D eigenvalue weighted by Gasteiger charge is 2.18. The lowest BCUT2D eigenvalue weighted by Gasteiger charge is -2.24. The number of hydrogen-bond acceptors (Lipinski definition) is 1. The van der Waals surface area contributed by atoms with Crippen molar-refractivity contribution in [3.63, 3.8) is 0 Å². The normalized spacial score (nSPS) is 11.8. The summed E-state index contributed by atoms with van der Waals surface area (Å²) in [6.07, 6.45) is 2.24. The molecule has 1 N–H and O–H groups in total. The van der Waals surface area contributed by atoms with Crippen LogP contribution in [0.1, 0.15) is 50.8 Å². The van der Waals surface area contributed by atoms with Gasteiger partial charge in [-0.2, -0.15) is 0 Å². The van der Waals surface area contributed by atoms with Gasteiger partial charge in [0.15, 0.2) is 0 Å². The van der Waals surface area contributed by atoms with E-state index in [0.717, 1.165) is 18.4 Å². The standard InChI is InChI=1S/C14H22O/c1-6-7-11-8-10(2)13(15)9-12(11)14(3,4)5/h8-9,15H,6-7H2,1-5H3. The van der Waals surface area contributed by atoms with E-state index >= 15 is 0 Å². The van der Waals surface area contributed by atoms with Gasteiger partial charge in [-0.15, -0.1) is 0 Å². The number of rotatable bonds is 2. The number of benzene rings is 1. The second kappa shape index (κ2) is 4.26. The van der Waals surface area contributed by atoms with E-state index < -0.39 is 0 Å². The SMILES string of the molecule is CCCc1cc(C)c(O)cc1C(C)(C)C. The maximum Gasteiger partial charge on any atom is 0.118 e. The third kappa shape index (κ3) is 2.74. The zero-order chi connectivity index (χ0) is 11.6. The lowest BCUT2D eigenvalue weighted by atomic mass is 9.82. The van der Waals surface area contributed by atoms with Gasteiger partial charge in [-0.25, -0.2) is 0 Å². The monoisotopic (exact) mass is 206 g/mol. The van der Waals surface area contributed by atoms with Crippen LogP contribution in [0, 0.1) is 6.92 Å². The van der Waals surface area contributed by atoms with Crippen LogP contribution in [0.2, 0.25) is 0 Å². The second-order valence-electron chi connectivity index (χ2n) is 5.30. The molecule has 0 aromatic heterocycles. The Morgan fingerprint density at radius 2 is 1.80 bits per heavy atom. The lowest BCUT2D eigenvalue weighted by Crippen LogP contribution is -2.14. The van der Waals surface area contributed by atoms with Gasteiger partial charge in [-0.05, 0) is 41.5 Å². The molecule has 0 radical (unpaired) electrons. The molecule has 15 heavy (non-hydrogen) atoms. The maximum absolute atomic E-state index is 9.76. The van der Waals surface area contributed by atoms with Crippen LogP contribution in [0.15, 0.2) is 12.1 Å². The van der Waals surface area contributed by atoms with Crippen LogP contribution in [-0.2, 0) is 11.8 Å². The van der Waals surface area contributed by atoms with Crippen molar-refractivity contribution < 1.29 is 5.11 Å². The second-order valence-corrected chi connectivity index (χ2v) is 5.30. The summed E-state index contributed by atoms with van der Waals surface area (Å²) in [6.45, 7) is 10.7. The molecule has 0 aliphatic heterocycles. The van der Waals surface area contributed by atoms with Crippen LogP contribution < -0.4 is 0 Å². The van der Waals surface area contributed by atoms with Gasteiger partial charge in [0, 0.05) is 0 Å². The van der Waals surface area contributed by atoms with Crippen LogP contribution >= 0.6 is 0 Å². The Hall–Kier alpha value is -0.980. The van der Waals surface area contributed by atoms with Crippen molar-refractivity contribution in [2.24, 2.45) is 0 Å². The van der Waals surface area contributed by atoms with Gasteiger partial charge in [0.1, 0.15) is 5.75 Å². The average molecular weight is 206 g/mol. The van der Waals surface area contributed by atoms with Gasteiger partial charge >= 0.3 is 0 Å². The molecule has 0 amide bonds. The van der Waals surface area contributed by atoms with Crippen molar-refractivity contribution in [3.05, 3.63) is 28.8 Å². The summed E-state index contributed by atoms with van der Waals surface area (Å²) in [5.41, 5.74) is 3.73. The Kier molecular flexibility index (Phi) is 3.43. The summed E-state index contributed by atoms with van der Waals surface area (Å²) >= 11 is 0. The fourth-order valence-electron chi connectivity index (χ4n) is 1.93. The molecule has 0 atom stereocenters. The van der Waals surface area contributed by atoms with Crippen molar-refractivity contribution in [2.75, 3.05) is 0 Å². The molecule has 0 aliphatic rings. The number of hydrogen-bond donors (Lipinski definition) is 1. The number of phenols is 1. The Morgan fingerprint density at radius 3 is 2.27 bits per heavy atom. The number of aryl methyl sites for hydroxylation is 2. The molecule has 1 heteroatoms. The van der Waals surface area contributed by atoms with Crippen LogP contribution in [0.4, 0.5) is 0 Å². The van der Waals surface area contributed by atoms with Gasteiger partial charge in [-0.3, -0.25) is 0 Å². The Bertz CT molecular complexity index is 345. The van der Waals surface area contributed by atoms with E-state index in [0.29, 0.717) is 5.75 Å². The van der Waals surface area contributed by atoms with Crippen LogP contribution in [0.3, 0.4) is 0 Å². The minimum absolute atomic E-state index is 0.107. The van der Waals surface area contributed by atoms with E-state index in [4.69, 9.17) is 0 Å². The molecule has 1 nitrogen and oxygen atoms in total. The summed E-state index contributed by atoms with van der Waals surface area (Å²) < 4.78 is 0. The van der Waals surface area contributed by atoms with Gasteiger partial charge in [-0.1, -0.05) is 40.2 Å². The van der Waals surface area contributed by atoms with Gasteiger partial charge in [0.25, 0.3) is 0 Å².